The minimum atomic E-state index is -5.01. The number of carbonyl (C=O) groups excluding carboxylic acids is 4. The molecule has 0 saturated carbocycles. The van der Waals surface area contributed by atoms with Crippen LogP contribution in [0.15, 0.2) is 182 Å². The molecule has 0 aromatic carbocycles. The van der Waals surface area contributed by atoms with Gasteiger partial charge in [-0.15, -0.1) is 0 Å². The number of phosphoric ester groups is 2. The highest BCUT2D eigenvalue weighted by molar-refractivity contribution is 7.47. The van der Waals surface area contributed by atoms with Gasteiger partial charge in [0.05, 0.1) is 26.4 Å². The van der Waals surface area contributed by atoms with E-state index in [1.807, 2.05) is 0 Å². The summed E-state index contributed by atoms with van der Waals surface area (Å²) in [6.07, 6.45) is 95.9. The lowest BCUT2D eigenvalue weighted by atomic mass is 10.1. The van der Waals surface area contributed by atoms with E-state index in [0.717, 1.165) is 186 Å². The largest absolute Gasteiger partial charge is 0.472 e. The van der Waals surface area contributed by atoms with Crippen molar-refractivity contribution in [2.75, 3.05) is 39.6 Å². The van der Waals surface area contributed by atoms with Crippen molar-refractivity contribution >= 4 is 39.5 Å². The number of phosphoric acid groups is 2. The average molecular weight is 1550 g/mol. The second-order valence-corrected chi connectivity index (χ2v) is 29.5. The predicted molar refractivity (Wildman–Crippen MR) is 445 cm³/mol. The van der Waals surface area contributed by atoms with E-state index < -0.39 is 97.5 Å². The Morgan fingerprint density at radius 1 is 0.269 bits per heavy atom. The van der Waals surface area contributed by atoms with Crippen molar-refractivity contribution in [3.05, 3.63) is 182 Å². The summed E-state index contributed by atoms with van der Waals surface area (Å²) < 4.78 is 68.6. The Hall–Kier alpha value is -5.84. The Morgan fingerprint density at radius 3 is 0.759 bits per heavy atom. The number of carbonyl (C=O) groups is 4. The van der Waals surface area contributed by atoms with Gasteiger partial charge in [0.15, 0.2) is 12.2 Å². The van der Waals surface area contributed by atoms with Crippen LogP contribution in [0.5, 0.6) is 0 Å². The fourth-order valence-corrected chi connectivity index (χ4v) is 11.8. The normalized spacial score (nSPS) is 14.8. The van der Waals surface area contributed by atoms with E-state index in [9.17, 15) is 43.2 Å². The fourth-order valence-electron chi connectivity index (χ4n) is 10.2. The van der Waals surface area contributed by atoms with Crippen LogP contribution in [0.4, 0.5) is 0 Å². The number of allylic oxidation sites excluding steroid dienone is 30. The molecule has 0 aliphatic carbocycles. The molecule has 0 radical (unpaired) electrons. The standard InChI is InChI=1S/C89H144O17P2/c1-5-9-13-17-21-25-29-33-37-39-41-43-47-49-53-57-61-65-69-73-86(91)99-79-84(105-88(93)75-71-67-63-59-55-51-45-35-31-27-23-19-15-11-7-3)81-103-107(95,96)101-77-83(90)78-102-108(97,98)104-82-85(106-89(94)76-72-68-64-60-56-52-46-36-32-28-24-20-16-12-8-4)80-100-87(92)74-70-66-62-58-54-50-48-44-42-40-38-34-30-26-22-18-14-10-6-2/h9,11-13,15-16,21-28,33-38,41-46,55-56,59-60,83-85,90H,5-8,10,14,17-20,29-32,39-40,47-54,57-58,61-82H2,1-4H3,(H,95,96)(H,97,98)/b13-9-,15-11-,16-12-,25-21-,26-22-,27-23-,28-24-,37-33-,38-34-,43-41-,44-42-,45-35-,46-36-,59-55-,60-56-. The minimum Gasteiger partial charge on any atom is -0.462 e. The first-order valence-electron chi connectivity index (χ1n) is 41.0. The summed E-state index contributed by atoms with van der Waals surface area (Å²) in [7, 11) is -10.0. The second kappa shape index (κ2) is 79.3. The number of aliphatic hydroxyl groups excluding tert-OH is 1. The van der Waals surface area contributed by atoms with Crippen LogP contribution in [0, 0.1) is 0 Å². The summed E-state index contributed by atoms with van der Waals surface area (Å²) in [5, 5.41) is 10.7. The molecule has 5 unspecified atom stereocenters. The lowest BCUT2D eigenvalue weighted by molar-refractivity contribution is -0.161. The number of rotatable bonds is 75. The molecule has 5 atom stereocenters. The van der Waals surface area contributed by atoms with Gasteiger partial charge < -0.3 is 33.8 Å². The molecule has 0 heterocycles. The van der Waals surface area contributed by atoms with Crippen molar-refractivity contribution < 1.29 is 80.2 Å². The number of hydrogen-bond acceptors (Lipinski definition) is 15. The maximum Gasteiger partial charge on any atom is 0.472 e. The fraction of sp³-hybridized carbons (Fsp3) is 0.618. The molecule has 19 heteroatoms. The zero-order chi connectivity index (χ0) is 78.9. The third-order valence-corrected chi connectivity index (χ3v) is 18.2. The van der Waals surface area contributed by atoms with Crippen molar-refractivity contribution in [3.8, 4) is 0 Å². The van der Waals surface area contributed by atoms with Crippen LogP contribution < -0.4 is 0 Å². The molecule has 0 bridgehead atoms. The number of hydrogen-bond donors (Lipinski definition) is 3. The molecule has 0 aliphatic rings. The first-order valence-corrected chi connectivity index (χ1v) is 44.0. The zero-order valence-electron chi connectivity index (χ0n) is 66.9. The minimum absolute atomic E-state index is 0.0311. The molecule has 108 heavy (non-hydrogen) atoms. The van der Waals surface area contributed by atoms with Crippen LogP contribution in [0.1, 0.15) is 297 Å². The summed E-state index contributed by atoms with van der Waals surface area (Å²) >= 11 is 0. The van der Waals surface area contributed by atoms with E-state index in [0.29, 0.717) is 38.5 Å². The lowest BCUT2D eigenvalue weighted by Crippen LogP contribution is -2.30. The molecule has 0 aromatic rings. The van der Waals surface area contributed by atoms with Crippen LogP contribution in [-0.2, 0) is 65.4 Å². The molecule has 0 spiro atoms. The lowest BCUT2D eigenvalue weighted by Gasteiger charge is -2.21. The molecule has 0 fully saturated rings. The average Bonchev–Trinajstić information content (AvgIpc) is 0.923. The Morgan fingerprint density at radius 2 is 0.481 bits per heavy atom. The molecule has 0 aromatic heterocycles. The van der Waals surface area contributed by atoms with E-state index in [4.69, 9.17) is 37.0 Å². The van der Waals surface area contributed by atoms with E-state index >= 15 is 0 Å². The molecular weight excluding hydrogens is 1400 g/mol. The van der Waals surface area contributed by atoms with Gasteiger partial charge >= 0.3 is 39.5 Å². The van der Waals surface area contributed by atoms with Crippen molar-refractivity contribution in [2.45, 2.75) is 316 Å². The van der Waals surface area contributed by atoms with E-state index in [-0.39, 0.29) is 25.7 Å². The SMILES string of the molecule is CC/C=C\C/C=C\C/C=C\C/C=C\CCCCCCCCC(=O)OCC(COP(=O)(O)OCC(O)COP(=O)(O)OCC(COC(=O)CCCCCCCC/C=C\C/C=C\C/C=C\CCCCC)OC(=O)CCCC/C=C\C/C=C\C/C=C\C/C=C\CC)OC(=O)CCCC/C=C\C/C=C\C/C=C\C/C=C\CC. The van der Waals surface area contributed by atoms with E-state index in [1.54, 1.807) is 0 Å². The van der Waals surface area contributed by atoms with Crippen LogP contribution in [0.3, 0.4) is 0 Å². The predicted octanol–water partition coefficient (Wildman–Crippen LogP) is 24.3. The zero-order valence-corrected chi connectivity index (χ0v) is 68.7. The van der Waals surface area contributed by atoms with Gasteiger partial charge in [0.1, 0.15) is 19.3 Å². The van der Waals surface area contributed by atoms with Gasteiger partial charge in [0.2, 0.25) is 0 Å². The molecule has 3 N–H and O–H groups in total. The Balaban J connectivity index is 5.46. The van der Waals surface area contributed by atoms with Crippen molar-refractivity contribution in [3.63, 3.8) is 0 Å². The maximum atomic E-state index is 13.1. The summed E-state index contributed by atoms with van der Waals surface area (Å²) in [4.78, 5) is 73.1. The van der Waals surface area contributed by atoms with Crippen molar-refractivity contribution in [2.24, 2.45) is 0 Å². The van der Waals surface area contributed by atoms with Gasteiger partial charge in [-0.2, -0.15) is 0 Å². The topological polar surface area (TPSA) is 237 Å². The molecule has 612 valence electrons. The summed E-state index contributed by atoms with van der Waals surface area (Å²) in [6.45, 7) is 4.37. The van der Waals surface area contributed by atoms with Crippen LogP contribution in [-0.4, -0.2) is 96.7 Å². The number of esters is 4. The maximum absolute atomic E-state index is 13.1. The van der Waals surface area contributed by atoms with Gasteiger partial charge in [-0.3, -0.25) is 37.3 Å². The number of unbranched alkanes of at least 4 members (excludes halogenated alkanes) is 19. The number of ether oxygens (including phenoxy) is 4. The van der Waals surface area contributed by atoms with Crippen LogP contribution in [0.2, 0.25) is 0 Å². The highest BCUT2D eigenvalue weighted by Gasteiger charge is 2.30. The van der Waals surface area contributed by atoms with Crippen molar-refractivity contribution in [1.82, 2.24) is 0 Å². The Labute approximate surface area is 654 Å². The molecular formula is C89H144O17P2. The molecule has 17 nitrogen and oxygen atoms in total. The molecule has 0 rings (SSSR count). The highest BCUT2D eigenvalue weighted by Crippen LogP contribution is 2.45. The molecule has 0 aliphatic heterocycles. The van der Waals surface area contributed by atoms with Crippen molar-refractivity contribution in [1.29, 1.82) is 0 Å². The first kappa shape index (κ1) is 102. The quantitative estimate of drug-likeness (QED) is 0.0169. The van der Waals surface area contributed by atoms with Gasteiger partial charge in [-0.25, -0.2) is 9.13 Å². The summed E-state index contributed by atoms with van der Waals surface area (Å²) in [6, 6.07) is 0. The third-order valence-electron chi connectivity index (χ3n) is 16.3. The summed E-state index contributed by atoms with van der Waals surface area (Å²) in [5.41, 5.74) is 0. The Kier molecular flexibility index (Phi) is 75.0. The third kappa shape index (κ3) is 78.3. The number of aliphatic hydroxyl groups is 1. The first-order chi connectivity index (χ1) is 52.7. The second-order valence-electron chi connectivity index (χ2n) is 26.6. The summed E-state index contributed by atoms with van der Waals surface area (Å²) in [5.74, 6) is -2.31. The van der Waals surface area contributed by atoms with Gasteiger partial charge in [-0.1, -0.05) is 274 Å². The molecule has 0 saturated heterocycles. The van der Waals surface area contributed by atoms with E-state index in [2.05, 4.69) is 210 Å². The smallest absolute Gasteiger partial charge is 0.462 e. The highest BCUT2D eigenvalue weighted by atomic mass is 31.2. The monoisotopic (exact) mass is 1550 g/mol. The van der Waals surface area contributed by atoms with E-state index in [1.165, 1.54) is 19.3 Å². The van der Waals surface area contributed by atoms with Gasteiger partial charge in [0, 0.05) is 25.7 Å². The van der Waals surface area contributed by atoms with Gasteiger partial charge in [-0.05, 0) is 180 Å². The van der Waals surface area contributed by atoms with Crippen LogP contribution in [0.25, 0.3) is 0 Å². The van der Waals surface area contributed by atoms with Crippen LogP contribution >= 0.6 is 15.6 Å². The molecule has 0 amide bonds. The Bertz CT molecular complexity index is 2760. The van der Waals surface area contributed by atoms with Gasteiger partial charge in [0.25, 0.3) is 0 Å².